The molecule has 1 aromatic carbocycles. The van der Waals surface area contributed by atoms with Crippen LogP contribution in [0.3, 0.4) is 0 Å². The molecule has 2 N–H and O–H groups in total. The van der Waals surface area contributed by atoms with Crippen LogP contribution >= 0.6 is 11.6 Å². The number of hydrazine groups is 1. The van der Waals surface area contributed by atoms with Crippen LogP contribution in [0, 0.1) is 0 Å². The summed E-state index contributed by atoms with van der Waals surface area (Å²) in [7, 11) is 0. The van der Waals surface area contributed by atoms with Gasteiger partial charge in [0.25, 0.3) is 0 Å². The summed E-state index contributed by atoms with van der Waals surface area (Å²) in [4.78, 5) is 17.5. The summed E-state index contributed by atoms with van der Waals surface area (Å²) in [5, 5.41) is 13.2. The summed E-state index contributed by atoms with van der Waals surface area (Å²) < 4.78 is 1.06. The number of hydrogen-bond acceptors (Lipinski definition) is 5. The SMILES string of the molecule is CCN1C=C(N=c2cccc3n(O)cccc2-3)C(C(C)=O)=C(c2cccc(Cl)c2)N1. The number of fused-ring (bicyclic) bond motifs is 1. The molecule has 30 heavy (non-hydrogen) atoms. The van der Waals surface area contributed by atoms with Gasteiger partial charge in [-0.2, -0.15) is 4.73 Å². The molecular weight excluding hydrogens is 400 g/mol. The number of benzene rings is 2. The van der Waals surface area contributed by atoms with Crippen LogP contribution in [0.15, 0.2) is 83.3 Å². The number of ketones is 1. The summed E-state index contributed by atoms with van der Waals surface area (Å²) in [6.45, 7) is 4.19. The van der Waals surface area contributed by atoms with Crippen molar-refractivity contribution in [3.63, 3.8) is 0 Å². The normalized spacial score (nSPS) is 14.7. The average molecular weight is 421 g/mol. The number of pyridine rings is 1. The van der Waals surface area contributed by atoms with Gasteiger partial charge in [0.15, 0.2) is 5.78 Å². The zero-order chi connectivity index (χ0) is 21.3. The molecular formula is C23H21ClN4O2. The number of rotatable bonds is 4. The summed E-state index contributed by atoms with van der Waals surface area (Å²) in [5.41, 5.74) is 7.18. The maximum atomic E-state index is 12.7. The lowest BCUT2D eigenvalue weighted by atomic mass is 10.00. The first-order valence-corrected chi connectivity index (χ1v) is 9.96. The topological polar surface area (TPSA) is 69.9 Å². The van der Waals surface area contributed by atoms with Gasteiger partial charge in [-0.1, -0.05) is 29.8 Å². The second kappa shape index (κ2) is 8.08. The number of nitrogens with one attached hydrogen (secondary N) is 1. The van der Waals surface area contributed by atoms with Gasteiger partial charge in [-0.15, -0.1) is 0 Å². The van der Waals surface area contributed by atoms with E-state index in [0.717, 1.165) is 15.9 Å². The molecule has 0 saturated carbocycles. The number of allylic oxidation sites excluding steroid dienone is 1. The van der Waals surface area contributed by atoms with E-state index in [9.17, 15) is 10.0 Å². The Morgan fingerprint density at radius 3 is 2.70 bits per heavy atom. The maximum absolute atomic E-state index is 12.7. The molecule has 1 aliphatic carbocycles. The number of hydrogen-bond donors (Lipinski definition) is 2. The van der Waals surface area contributed by atoms with Crippen LogP contribution in [-0.4, -0.2) is 27.3 Å². The Morgan fingerprint density at radius 2 is 1.97 bits per heavy atom. The lowest BCUT2D eigenvalue weighted by Crippen LogP contribution is -2.37. The van der Waals surface area contributed by atoms with Crippen molar-refractivity contribution in [2.45, 2.75) is 13.8 Å². The molecule has 0 fully saturated rings. The number of nitrogens with zero attached hydrogens (tertiary/aromatic N) is 3. The fraction of sp³-hybridized carbons (Fsp3) is 0.130. The van der Waals surface area contributed by atoms with Crippen LogP contribution < -0.4 is 10.8 Å². The van der Waals surface area contributed by atoms with Crippen molar-refractivity contribution in [2.75, 3.05) is 6.54 Å². The molecule has 0 aromatic heterocycles. The van der Waals surface area contributed by atoms with Gasteiger partial charge < -0.3 is 5.21 Å². The van der Waals surface area contributed by atoms with Crippen molar-refractivity contribution in [2.24, 2.45) is 4.99 Å². The van der Waals surface area contributed by atoms with Gasteiger partial charge in [0.1, 0.15) is 0 Å². The fourth-order valence-corrected chi connectivity index (χ4v) is 3.67. The maximum Gasteiger partial charge on any atom is 0.164 e. The Morgan fingerprint density at radius 1 is 1.17 bits per heavy atom. The van der Waals surface area contributed by atoms with Crippen LogP contribution in [-0.2, 0) is 4.79 Å². The Labute approximate surface area is 179 Å². The van der Waals surface area contributed by atoms with Crippen LogP contribution in [0.1, 0.15) is 19.4 Å². The van der Waals surface area contributed by atoms with Gasteiger partial charge in [0.2, 0.25) is 0 Å². The number of aromatic nitrogens is 1. The van der Waals surface area contributed by atoms with Gasteiger partial charge in [-0.3, -0.25) is 15.2 Å². The molecule has 0 atom stereocenters. The smallest absolute Gasteiger partial charge is 0.164 e. The molecule has 4 rings (SSSR count). The van der Waals surface area contributed by atoms with E-state index >= 15 is 0 Å². The summed E-state index contributed by atoms with van der Waals surface area (Å²) >= 11 is 6.19. The summed E-state index contributed by atoms with van der Waals surface area (Å²) in [5.74, 6) is -0.110. The van der Waals surface area contributed by atoms with E-state index in [1.54, 1.807) is 18.3 Å². The standard InChI is InChI=1S/C23H21ClN4O2/c1-3-27-14-20(25-19-10-5-11-21-18(19)9-6-12-28(21)30)22(15(2)29)23(26-27)16-7-4-8-17(24)13-16/h4-14,26,30H,3H2,1-2H3. The van der Waals surface area contributed by atoms with Gasteiger partial charge in [-0.25, -0.2) is 4.99 Å². The van der Waals surface area contributed by atoms with Crippen molar-refractivity contribution < 1.29 is 10.0 Å². The predicted molar refractivity (Wildman–Crippen MR) is 116 cm³/mol. The highest BCUT2D eigenvalue weighted by Crippen LogP contribution is 2.29. The van der Waals surface area contributed by atoms with Gasteiger partial charge >= 0.3 is 0 Å². The first-order valence-electron chi connectivity index (χ1n) is 9.59. The highest BCUT2D eigenvalue weighted by molar-refractivity contribution is 6.30. The highest BCUT2D eigenvalue weighted by atomic mass is 35.5. The Balaban J connectivity index is 1.95. The van der Waals surface area contributed by atoms with Crippen LogP contribution in [0.2, 0.25) is 5.02 Å². The van der Waals surface area contributed by atoms with E-state index in [1.165, 1.54) is 6.92 Å². The monoisotopic (exact) mass is 420 g/mol. The van der Waals surface area contributed by atoms with Crippen LogP contribution in [0.4, 0.5) is 0 Å². The van der Waals surface area contributed by atoms with Crippen molar-refractivity contribution in [1.82, 2.24) is 15.2 Å². The molecule has 1 aromatic rings. The van der Waals surface area contributed by atoms with E-state index in [2.05, 4.69) is 5.43 Å². The number of Topliss-reactive ketones (excluding diaryl/α,β-unsaturated/α-hetero) is 1. The van der Waals surface area contributed by atoms with E-state index in [4.69, 9.17) is 16.6 Å². The number of carbonyl (C=O) groups is 1. The molecule has 0 spiro atoms. The average Bonchev–Trinajstić information content (AvgIpc) is 2.73. The third-order valence-electron chi connectivity index (χ3n) is 4.88. The third-order valence-corrected chi connectivity index (χ3v) is 5.12. The molecule has 0 amide bonds. The molecule has 6 nitrogen and oxygen atoms in total. The van der Waals surface area contributed by atoms with Crippen LogP contribution in [0.25, 0.3) is 17.0 Å². The van der Waals surface area contributed by atoms with E-state index in [0.29, 0.717) is 39.6 Å². The fourth-order valence-electron chi connectivity index (χ4n) is 3.48. The largest absolute Gasteiger partial charge is 0.428 e. The number of halogens is 1. The second-order valence-corrected chi connectivity index (χ2v) is 7.34. The van der Waals surface area contributed by atoms with Crippen molar-refractivity contribution in [3.8, 4) is 11.3 Å². The first-order chi connectivity index (χ1) is 14.5. The third kappa shape index (κ3) is 3.69. The molecule has 7 heteroatoms. The molecule has 3 aliphatic rings. The van der Waals surface area contributed by atoms with E-state index in [-0.39, 0.29) is 5.78 Å². The highest BCUT2D eigenvalue weighted by Gasteiger charge is 2.24. The zero-order valence-electron chi connectivity index (χ0n) is 16.6. The Kier molecular flexibility index (Phi) is 5.33. The molecule has 2 heterocycles. The minimum absolute atomic E-state index is 0.110. The van der Waals surface area contributed by atoms with Gasteiger partial charge in [-0.05, 0) is 50.2 Å². The Bertz CT molecular complexity index is 1230. The Hall–Kier alpha value is -3.51. The molecule has 0 unspecified atom stereocenters. The van der Waals surface area contributed by atoms with Gasteiger partial charge in [0.05, 0.1) is 28.0 Å². The minimum atomic E-state index is -0.110. The summed E-state index contributed by atoms with van der Waals surface area (Å²) in [6, 6.07) is 16.5. The van der Waals surface area contributed by atoms with Crippen molar-refractivity contribution in [1.29, 1.82) is 0 Å². The molecule has 0 saturated heterocycles. The predicted octanol–water partition coefficient (Wildman–Crippen LogP) is 4.07. The minimum Gasteiger partial charge on any atom is -0.428 e. The second-order valence-electron chi connectivity index (χ2n) is 6.90. The molecule has 2 aliphatic heterocycles. The lowest BCUT2D eigenvalue weighted by molar-refractivity contribution is -0.113. The van der Waals surface area contributed by atoms with E-state index in [1.807, 2.05) is 60.6 Å². The van der Waals surface area contributed by atoms with Crippen molar-refractivity contribution >= 4 is 23.1 Å². The van der Waals surface area contributed by atoms with E-state index < -0.39 is 0 Å². The van der Waals surface area contributed by atoms with Gasteiger partial charge in [0, 0.05) is 35.1 Å². The number of carbonyl (C=O) groups excluding carboxylic acids is 1. The lowest BCUT2D eigenvalue weighted by Gasteiger charge is -2.30. The zero-order valence-corrected chi connectivity index (χ0v) is 17.4. The quantitative estimate of drug-likeness (QED) is 0.624. The van der Waals surface area contributed by atoms with Crippen LogP contribution in [0.5, 0.6) is 0 Å². The molecule has 152 valence electrons. The summed E-state index contributed by atoms with van der Waals surface area (Å²) in [6.07, 6.45) is 3.38. The van der Waals surface area contributed by atoms with Crippen molar-refractivity contribution in [3.05, 3.63) is 94.2 Å². The first kappa shape index (κ1) is 19.8. The molecule has 0 bridgehead atoms. The molecule has 0 radical (unpaired) electrons.